The van der Waals surface area contributed by atoms with Gasteiger partial charge in [-0.25, -0.2) is 14.6 Å². The van der Waals surface area contributed by atoms with Gasteiger partial charge in [-0.2, -0.15) is 5.10 Å². The van der Waals surface area contributed by atoms with Crippen LogP contribution in [0.4, 0.5) is 0 Å². The maximum atomic E-state index is 13.0. The third-order valence-electron chi connectivity index (χ3n) is 6.02. The van der Waals surface area contributed by atoms with Gasteiger partial charge in [0.2, 0.25) is 0 Å². The van der Waals surface area contributed by atoms with Gasteiger partial charge in [-0.1, -0.05) is 37.1 Å². The highest BCUT2D eigenvalue weighted by atomic mass is 16.3. The fraction of sp³-hybridized carbons (Fsp3) is 0.280. The van der Waals surface area contributed by atoms with Crippen molar-refractivity contribution in [2.24, 2.45) is 0 Å². The smallest absolute Gasteiger partial charge is 0.270 e. The Morgan fingerprint density at radius 3 is 2.78 bits per heavy atom. The topological polar surface area (TPSA) is 92.9 Å². The van der Waals surface area contributed by atoms with Crippen LogP contribution in [0.15, 0.2) is 67.1 Å². The maximum absolute atomic E-state index is 13.0. The van der Waals surface area contributed by atoms with Crippen LogP contribution in [0.5, 0.6) is 0 Å². The molecule has 2 N–H and O–H groups in total. The van der Waals surface area contributed by atoms with Crippen LogP contribution in [0.25, 0.3) is 16.7 Å². The number of rotatable bonds is 5. The monoisotopic (exact) mass is 427 g/mol. The van der Waals surface area contributed by atoms with Crippen molar-refractivity contribution in [3.05, 3.63) is 83.9 Å². The first kappa shape index (κ1) is 20.3. The molecular formula is C25H25N5O2. The number of pyridine rings is 2. The standard InChI is InChI=1S/C25H25N5O2/c31-23-9-4-3-8-21(23)29-25(32)22-15-18(19-6-1-2-7-20(19)28-22)14-17-10-11-24(26-16-17)30-13-5-12-27-30/h1-2,5-7,10-13,15-16,21,23,31H,3-4,8-9,14H2,(H,29,32)/t21-,23-/m0/s1. The van der Waals surface area contributed by atoms with E-state index >= 15 is 0 Å². The Morgan fingerprint density at radius 1 is 1.12 bits per heavy atom. The van der Waals surface area contributed by atoms with E-state index in [9.17, 15) is 9.90 Å². The molecule has 2 atom stereocenters. The summed E-state index contributed by atoms with van der Waals surface area (Å²) in [6.45, 7) is 0. The van der Waals surface area contributed by atoms with Gasteiger partial charge < -0.3 is 10.4 Å². The second-order valence-electron chi connectivity index (χ2n) is 8.27. The van der Waals surface area contributed by atoms with E-state index in [1.165, 1.54) is 0 Å². The molecule has 1 fully saturated rings. The van der Waals surface area contributed by atoms with Crippen LogP contribution in [0, 0.1) is 0 Å². The number of amides is 1. The summed E-state index contributed by atoms with van der Waals surface area (Å²) in [5.41, 5.74) is 3.20. The van der Waals surface area contributed by atoms with Gasteiger partial charge in [-0.15, -0.1) is 0 Å². The lowest BCUT2D eigenvalue weighted by Crippen LogP contribution is -2.45. The largest absolute Gasteiger partial charge is 0.391 e. The average molecular weight is 428 g/mol. The summed E-state index contributed by atoms with van der Waals surface area (Å²) >= 11 is 0. The van der Waals surface area contributed by atoms with E-state index in [2.05, 4.69) is 20.4 Å². The van der Waals surface area contributed by atoms with E-state index in [0.29, 0.717) is 12.1 Å². The van der Waals surface area contributed by atoms with Crippen molar-refractivity contribution in [3.8, 4) is 5.82 Å². The van der Waals surface area contributed by atoms with E-state index in [0.717, 1.165) is 53.5 Å². The molecule has 1 amide bonds. The number of aliphatic hydroxyl groups is 1. The number of aromatic nitrogens is 4. The van der Waals surface area contributed by atoms with Crippen LogP contribution >= 0.6 is 0 Å². The second-order valence-corrected chi connectivity index (χ2v) is 8.27. The Hall–Kier alpha value is -3.58. The van der Waals surface area contributed by atoms with Gasteiger partial charge in [0.15, 0.2) is 5.82 Å². The molecule has 0 bridgehead atoms. The Bertz CT molecular complexity index is 1220. The fourth-order valence-electron chi connectivity index (χ4n) is 4.31. The Balaban J connectivity index is 1.42. The van der Waals surface area contributed by atoms with Crippen molar-refractivity contribution in [2.75, 3.05) is 0 Å². The second kappa shape index (κ2) is 8.88. The molecule has 1 saturated carbocycles. The Kier molecular flexibility index (Phi) is 5.64. The number of aliphatic hydroxyl groups excluding tert-OH is 1. The molecule has 0 spiro atoms. The molecule has 1 aliphatic carbocycles. The molecule has 0 saturated heterocycles. The van der Waals surface area contributed by atoms with Crippen molar-refractivity contribution in [1.82, 2.24) is 25.1 Å². The highest BCUT2D eigenvalue weighted by Gasteiger charge is 2.25. The summed E-state index contributed by atoms with van der Waals surface area (Å²) in [6, 6.07) is 15.3. The first-order chi connectivity index (χ1) is 15.7. The number of benzene rings is 1. The summed E-state index contributed by atoms with van der Waals surface area (Å²) < 4.78 is 1.72. The minimum absolute atomic E-state index is 0.216. The van der Waals surface area contributed by atoms with E-state index in [4.69, 9.17) is 0 Å². The molecule has 0 unspecified atom stereocenters. The molecular weight excluding hydrogens is 402 g/mol. The van der Waals surface area contributed by atoms with Gasteiger partial charge in [-0.05, 0) is 54.7 Å². The summed E-state index contributed by atoms with van der Waals surface area (Å²) in [4.78, 5) is 22.1. The van der Waals surface area contributed by atoms with Crippen LogP contribution < -0.4 is 5.32 Å². The van der Waals surface area contributed by atoms with E-state index in [-0.39, 0.29) is 11.9 Å². The van der Waals surface area contributed by atoms with Crippen molar-refractivity contribution in [3.63, 3.8) is 0 Å². The summed E-state index contributed by atoms with van der Waals surface area (Å²) in [7, 11) is 0. The zero-order valence-corrected chi connectivity index (χ0v) is 17.7. The highest BCUT2D eigenvalue weighted by molar-refractivity contribution is 5.96. The van der Waals surface area contributed by atoms with E-state index in [1.54, 1.807) is 10.9 Å². The van der Waals surface area contributed by atoms with Crippen molar-refractivity contribution < 1.29 is 9.90 Å². The normalized spacial score (nSPS) is 18.5. The van der Waals surface area contributed by atoms with E-state index in [1.807, 2.05) is 60.9 Å². The highest BCUT2D eigenvalue weighted by Crippen LogP contribution is 2.23. The third-order valence-corrected chi connectivity index (χ3v) is 6.02. The maximum Gasteiger partial charge on any atom is 0.270 e. The molecule has 0 aliphatic heterocycles. The third kappa shape index (κ3) is 4.24. The lowest BCUT2D eigenvalue weighted by molar-refractivity contribution is 0.0714. The van der Waals surface area contributed by atoms with Gasteiger partial charge in [0.1, 0.15) is 5.69 Å². The van der Waals surface area contributed by atoms with Crippen molar-refractivity contribution >= 4 is 16.8 Å². The minimum atomic E-state index is -0.494. The summed E-state index contributed by atoms with van der Waals surface area (Å²) in [5, 5.41) is 18.4. The zero-order valence-electron chi connectivity index (χ0n) is 17.7. The van der Waals surface area contributed by atoms with Gasteiger partial charge in [0.25, 0.3) is 5.91 Å². The number of carbonyl (C=O) groups is 1. The molecule has 162 valence electrons. The molecule has 3 aromatic heterocycles. The SMILES string of the molecule is O=C(N[C@H]1CCCC[C@@H]1O)c1cc(Cc2ccc(-n3cccn3)nc2)c2ccccc2n1. The molecule has 3 heterocycles. The Labute approximate surface area is 186 Å². The van der Waals surface area contributed by atoms with Crippen LogP contribution in [0.2, 0.25) is 0 Å². The van der Waals surface area contributed by atoms with Gasteiger partial charge in [-0.3, -0.25) is 4.79 Å². The first-order valence-electron chi connectivity index (χ1n) is 11.0. The number of hydrogen-bond donors (Lipinski definition) is 2. The molecule has 1 aliphatic rings. The summed E-state index contributed by atoms with van der Waals surface area (Å²) in [5.74, 6) is 0.513. The first-order valence-corrected chi connectivity index (χ1v) is 11.0. The number of para-hydroxylation sites is 1. The molecule has 7 nitrogen and oxygen atoms in total. The molecule has 4 aromatic rings. The lowest BCUT2D eigenvalue weighted by Gasteiger charge is -2.28. The molecule has 5 rings (SSSR count). The van der Waals surface area contributed by atoms with E-state index < -0.39 is 6.10 Å². The Morgan fingerprint density at radius 2 is 2.00 bits per heavy atom. The molecule has 0 radical (unpaired) electrons. The number of fused-ring (bicyclic) bond motifs is 1. The summed E-state index contributed by atoms with van der Waals surface area (Å²) in [6.07, 6.45) is 9.08. The zero-order chi connectivity index (χ0) is 21.9. The van der Waals surface area contributed by atoms with Crippen molar-refractivity contribution in [2.45, 2.75) is 44.2 Å². The number of hydrogen-bond acceptors (Lipinski definition) is 5. The molecule has 32 heavy (non-hydrogen) atoms. The lowest BCUT2D eigenvalue weighted by atomic mass is 9.92. The molecule has 7 heteroatoms. The van der Waals surface area contributed by atoms with Gasteiger partial charge >= 0.3 is 0 Å². The number of carbonyl (C=O) groups excluding carboxylic acids is 1. The van der Waals surface area contributed by atoms with Gasteiger partial charge in [0, 0.05) is 24.0 Å². The average Bonchev–Trinajstić information content (AvgIpc) is 3.36. The van der Waals surface area contributed by atoms with Crippen LogP contribution in [-0.2, 0) is 6.42 Å². The number of nitrogens with one attached hydrogen (secondary N) is 1. The van der Waals surface area contributed by atoms with Crippen LogP contribution in [0.3, 0.4) is 0 Å². The fourth-order valence-corrected chi connectivity index (χ4v) is 4.31. The quantitative estimate of drug-likeness (QED) is 0.509. The van der Waals surface area contributed by atoms with Crippen molar-refractivity contribution in [1.29, 1.82) is 0 Å². The molecule has 1 aromatic carbocycles. The van der Waals surface area contributed by atoms with Crippen LogP contribution in [0.1, 0.15) is 47.3 Å². The van der Waals surface area contributed by atoms with Gasteiger partial charge in [0.05, 0.1) is 17.7 Å². The minimum Gasteiger partial charge on any atom is -0.391 e. The predicted octanol–water partition coefficient (Wildman–Crippen LogP) is 3.44. The number of nitrogens with zero attached hydrogens (tertiary/aromatic N) is 4. The van der Waals surface area contributed by atoms with Crippen LogP contribution in [-0.4, -0.2) is 42.9 Å². The predicted molar refractivity (Wildman–Crippen MR) is 122 cm³/mol.